The first-order chi connectivity index (χ1) is 17.1. The second-order valence-corrected chi connectivity index (χ2v) is 12.4. The summed E-state index contributed by atoms with van der Waals surface area (Å²) in [5.41, 5.74) is 3.17. The predicted octanol–water partition coefficient (Wildman–Crippen LogP) is 4.55. The molecule has 208 valence electrons. The van der Waals surface area contributed by atoms with Crippen molar-refractivity contribution in [2.24, 2.45) is 5.41 Å². The third-order valence-electron chi connectivity index (χ3n) is 7.63. The van der Waals surface area contributed by atoms with E-state index in [0.717, 1.165) is 29.0 Å². The van der Waals surface area contributed by atoms with Crippen LogP contribution in [-0.4, -0.2) is 81.8 Å². The molecule has 1 aromatic carbocycles. The maximum absolute atomic E-state index is 12.7. The van der Waals surface area contributed by atoms with Gasteiger partial charge in [-0.2, -0.15) is 26.3 Å². The van der Waals surface area contributed by atoms with E-state index in [9.17, 15) is 35.3 Å². The number of hydrogen-bond donors (Lipinski definition) is 1. The molecular weight excluding hydrogens is 526 g/mol. The number of benzene rings is 1. The minimum absolute atomic E-state index is 0.0269. The van der Waals surface area contributed by atoms with Crippen LogP contribution in [0.15, 0.2) is 18.2 Å². The van der Waals surface area contributed by atoms with Gasteiger partial charge >= 0.3 is 18.4 Å². The van der Waals surface area contributed by atoms with Crippen LogP contribution in [-0.2, 0) is 34.2 Å². The highest BCUT2D eigenvalue weighted by Gasteiger charge is 2.60. The Labute approximate surface area is 211 Å². The molecule has 14 heteroatoms. The predicted molar refractivity (Wildman–Crippen MR) is 123 cm³/mol. The van der Waals surface area contributed by atoms with E-state index in [-0.39, 0.29) is 18.5 Å². The average molecular weight is 557 g/mol. The van der Waals surface area contributed by atoms with Crippen LogP contribution in [0.1, 0.15) is 36.0 Å². The smallest absolute Gasteiger partial charge is 0.426 e. The molecule has 1 aromatic rings. The lowest BCUT2D eigenvalue weighted by molar-refractivity contribution is -0.308. The van der Waals surface area contributed by atoms with Gasteiger partial charge in [0, 0.05) is 45.5 Å². The van der Waals surface area contributed by atoms with Gasteiger partial charge in [0.25, 0.3) is 6.10 Å². The molecule has 1 amide bonds. The Morgan fingerprint density at radius 1 is 1.08 bits per heavy atom. The van der Waals surface area contributed by atoms with Crippen LogP contribution in [0, 0.1) is 10.2 Å². The number of ether oxygens (including phenoxy) is 1. The summed E-state index contributed by atoms with van der Waals surface area (Å²) >= 11 is 0. The number of fused-ring (bicyclic) bond motifs is 1. The van der Waals surface area contributed by atoms with Crippen LogP contribution in [0.4, 0.5) is 31.1 Å². The fraction of sp³-hybridized carbons (Fsp3) is 0.696. The van der Waals surface area contributed by atoms with Gasteiger partial charge in [0.2, 0.25) is 0 Å². The summed E-state index contributed by atoms with van der Waals surface area (Å²) in [6, 6.07) is 6.05. The molecule has 0 radical (unpaired) electrons. The second kappa shape index (κ2) is 9.92. The van der Waals surface area contributed by atoms with Gasteiger partial charge in [0.05, 0.1) is 0 Å². The molecule has 0 aliphatic carbocycles. The third-order valence-corrected chi connectivity index (χ3v) is 8.93. The molecule has 1 unspecified atom stereocenters. The van der Waals surface area contributed by atoms with E-state index >= 15 is 0 Å². The second-order valence-electron chi connectivity index (χ2n) is 10.3. The number of nitrogens with zero attached hydrogens (tertiary/aromatic N) is 3. The molecule has 0 aromatic heterocycles. The Kier molecular flexibility index (Phi) is 7.49. The normalized spacial score (nSPS) is 22.8. The van der Waals surface area contributed by atoms with Crippen molar-refractivity contribution >= 4 is 16.0 Å². The van der Waals surface area contributed by atoms with E-state index in [0.29, 0.717) is 45.4 Å². The van der Waals surface area contributed by atoms with Crippen molar-refractivity contribution in [3.63, 3.8) is 0 Å². The van der Waals surface area contributed by atoms with Crippen LogP contribution < -0.4 is 0 Å². The Balaban J connectivity index is 1.35. The highest BCUT2D eigenvalue weighted by atomic mass is 32.2. The molecule has 4 rings (SSSR count). The lowest BCUT2D eigenvalue weighted by Crippen LogP contribution is -2.50. The molecule has 7 nitrogen and oxygen atoms in total. The SMILES string of the molecule is CS(=N)(=O)N1CCc2cccc(CN3CCC4(CCN(C(=O)OC(C(F)(F)F)C(F)(F)F)CC4)C3)c2C1. The summed E-state index contributed by atoms with van der Waals surface area (Å²) in [6.07, 6.45) is -13.4. The van der Waals surface area contributed by atoms with Crippen LogP contribution in [0.2, 0.25) is 0 Å². The van der Waals surface area contributed by atoms with Gasteiger partial charge in [-0.3, -0.25) is 4.90 Å². The maximum atomic E-state index is 12.7. The van der Waals surface area contributed by atoms with Crippen LogP contribution in [0.25, 0.3) is 0 Å². The summed E-state index contributed by atoms with van der Waals surface area (Å²) in [6.45, 7) is 3.17. The van der Waals surface area contributed by atoms with Crippen LogP contribution in [0.3, 0.4) is 0 Å². The fourth-order valence-corrected chi connectivity index (χ4v) is 6.36. The van der Waals surface area contributed by atoms with Crippen molar-refractivity contribution in [3.8, 4) is 0 Å². The molecule has 3 heterocycles. The molecule has 3 aliphatic heterocycles. The number of hydrogen-bond acceptors (Lipinski definition) is 5. The topological polar surface area (TPSA) is 76.9 Å². The number of piperidine rings is 1. The molecule has 3 aliphatic rings. The van der Waals surface area contributed by atoms with Crippen molar-refractivity contribution in [2.75, 3.05) is 39.0 Å². The monoisotopic (exact) mass is 556 g/mol. The highest BCUT2D eigenvalue weighted by Crippen LogP contribution is 2.42. The van der Waals surface area contributed by atoms with E-state index in [1.54, 1.807) is 4.31 Å². The fourth-order valence-electron chi connectivity index (χ4n) is 5.54. The zero-order chi connectivity index (χ0) is 27.2. The van der Waals surface area contributed by atoms with Crippen molar-refractivity contribution in [2.45, 2.75) is 57.2 Å². The van der Waals surface area contributed by atoms with Gasteiger partial charge in [0.15, 0.2) is 0 Å². The van der Waals surface area contributed by atoms with Gasteiger partial charge in [-0.1, -0.05) is 18.2 Å². The standard InChI is InChI=1S/C23H30F6N4O3S/c1-37(30,35)33-9-5-16-3-2-4-17(18(16)14-33)13-31-10-6-21(15-31)7-11-32(12-8-21)20(34)36-19(22(24,25)26)23(27,28)29/h2-4,19,30H,5-15H2,1H3. The number of alkyl halides is 6. The lowest BCUT2D eigenvalue weighted by Gasteiger charge is -2.39. The maximum Gasteiger partial charge on any atom is 0.434 e. The van der Waals surface area contributed by atoms with Gasteiger partial charge in [-0.15, -0.1) is 0 Å². The molecule has 37 heavy (non-hydrogen) atoms. The van der Waals surface area contributed by atoms with E-state index in [1.807, 2.05) is 18.2 Å². The number of rotatable bonds is 4. The first-order valence-electron chi connectivity index (χ1n) is 12.0. The molecule has 2 fully saturated rings. The Hall–Kier alpha value is -2.06. The van der Waals surface area contributed by atoms with E-state index < -0.39 is 34.5 Å². The molecule has 1 spiro atoms. The minimum atomic E-state index is -5.74. The van der Waals surface area contributed by atoms with Gasteiger partial charge in [-0.25, -0.2) is 18.1 Å². The molecule has 0 saturated carbocycles. The number of carbonyl (C=O) groups excluding carboxylic acids is 1. The van der Waals surface area contributed by atoms with Gasteiger partial charge in [0.1, 0.15) is 9.92 Å². The number of halogens is 6. The summed E-state index contributed by atoms with van der Waals surface area (Å²) < 4.78 is 102. The Morgan fingerprint density at radius 2 is 1.70 bits per heavy atom. The molecule has 1 atom stereocenters. The van der Waals surface area contributed by atoms with Crippen molar-refractivity contribution in [1.82, 2.24) is 14.1 Å². The number of carbonyl (C=O) groups is 1. The van der Waals surface area contributed by atoms with Crippen LogP contribution >= 0.6 is 0 Å². The third kappa shape index (κ3) is 6.33. The Morgan fingerprint density at radius 3 is 2.30 bits per heavy atom. The molecule has 0 bridgehead atoms. The minimum Gasteiger partial charge on any atom is -0.426 e. The van der Waals surface area contributed by atoms with E-state index in [1.165, 1.54) is 11.8 Å². The van der Waals surface area contributed by atoms with Crippen molar-refractivity contribution in [1.29, 1.82) is 4.78 Å². The number of nitrogens with one attached hydrogen (secondary N) is 1. The van der Waals surface area contributed by atoms with Crippen molar-refractivity contribution in [3.05, 3.63) is 34.9 Å². The molecule has 2 saturated heterocycles. The zero-order valence-corrected chi connectivity index (χ0v) is 21.1. The van der Waals surface area contributed by atoms with E-state index in [4.69, 9.17) is 4.78 Å². The van der Waals surface area contributed by atoms with Crippen molar-refractivity contribution < 1.29 is 40.1 Å². The first kappa shape index (κ1) is 28.0. The quantitative estimate of drug-likeness (QED) is 0.552. The van der Waals surface area contributed by atoms with Gasteiger partial charge < -0.3 is 9.64 Å². The highest BCUT2D eigenvalue weighted by molar-refractivity contribution is 7.89. The van der Waals surface area contributed by atoms with E-state index in [2.05, 4.69) is 9.64 Å². The number of likely N-dealkylation sites (tertiary alicyclic amines) is 2. The molecule has 1 N–H and O–H groups in total. The summed E-state index contributed by atoms with van der Waals surface area (Å²) in [7, 11) is -2.82. The van der Waals surface area contributed by atoms with Gasteiger partial charge in [-0.05, 0) is 54.3 Å². The largest absolute Gasteiger partial charge is 0.434 e. The lowest BCUT2D eigenvalue weighted by atomic mass is 9.78. The molecular formula is C23H30F6N4O3S. The van der Waals surface area contributed by atoms with Crippen LogP contribution in [0.5, 0.6) is 0 Å². The first-order valence-corrected chi connectivity index (χ1v) is 13.9. The average Bonchev–Trinajstić information content (AvgIpc) is 3.17. The summed E-state index contributed by atoms with van der Waals surface area (Å²) in [4.78, 5) is 15.3. The Bertz CT molecular complexity index is 1100. The summed E-state index contributed by atoms with van der Waals surface area (Å²) in [5.74, 6) is 0. The number of amides is 1. The zero-order valence-electron chi connectivity index (χ0n) is 20.3. The summed E-state index contributed by atoms with van der Waals surface area (Å²) in [5, 5.41) is 0.